The lowest BCUT2D eigenvalue weighted by molar-refractivity contribution is -0.137. The standard InChI is InChI=1S/C15H20FNO3/c1-20-14-4-3-13(16)8-12(14)10-17-7-6-11(9-17)2-5-15(18)19/h3-4,8,11H,2,5-7,9-10H2,1H3,(H,18,19). The van der Waals surface area contributed by atoms with E-state index in [9.17, 15) is 9.18 Å². The summed E-state index contributed by atoms with van der Waals surface area (Å²) in [5, 5.41) is 8.70. The average Bonchev–Trinajstić information content (AvgIpc) is 2.84. The van der Waals surface area contributed by atoms with Crippen LogP contribution in [-0.4, -0.2) is 36.2 Å². The minimum absolute atomic E-state index is 0.224. The van der Waals surface area contributed by atoms with Gasteiger partial charge in [-0.3, -0.25) is 9.69 Å². The van der Waals surface area contributed by atoms with Gasteiger partial charge in [-0.1, -0.05) is 0 Å². The van der Waals surface area contributed by atoms with E-state index in [0.717, 1.165) is 25.1 Å². The number of benzene rings is 1. The maximum Gasteiger partial charge on any atom is 0.303 e. The molecule has 1 saturated heterocycles. The van der Waals surface area contributed by atoms with Crippen molar-refractivity contribution < 1.29 is 19.0 Å². The van der Waals surface area contributed by atoms with E-state index < -0.39 is 5.97 Å². The molecule has 0 saturated carbocycles. The number of rotatable bonds is 6. The molecule has 1 aromatic carbocycles. The van der Waals surface area contributed by atoms with Crippen molar-refractivity contribution in [3.63, 3.8) is 0 Å². The Balaban J connectivity index is 1.91. The number of hydrogen-bond acceptors (Lipinski definition) is 3. The third kappa shape index (κ3) is 3.93. The molecule has 0 radical (unpaired) electrons. The molecular weight excluding hydrogens is 261 g/mol. The fraction of sp³-hybridized carbons (Fsp3) is 0.533. The molecule has 1 atom stereocenters. The quantitative estimate of drug-likeness (QED) is 0.870. The van der Waals surface area contributed by atoms with Crippen molar-refractivity contribution in [2.75, 3.05) is 20.2 Å². The zero-order chi connectivity index (χ0) is 14.5. The third-order valence-corrected chi connectivity index (χ3v) is 3.77. The Labute approximate surface area is 118 Å². The van der Waals surface area contributed by atoms with Gasteiger partial charge in [0.25, 0.3) is 0 Å². The molecule has 0 bridgehead atoms. The lowest BCUT2D eigenvalue weighted by atomic mass is 10.0. The Morgan fingerprint density at radius 2 is 2.35 bits per heavy atom. The van der Waals surface area contributed by atoms with Gasteiger partial charge in [-0.2, -0.15) is 0 Å². The first-order valence-corrected chi connectivity index (χ1v) is 6.85. The molecule has 5 heteroatoms. The summed E-state index contributed by atoms with van der Waals surface area (Å²) < 4.78 is 18.5. The van der Waals surface area contributed by atoms with Gasteiger partial charge in [0.2, 0.25) is 0 Å². The number of methoxy groups -OCH3 is 1. The molecule has 1 unspecified atom stereocenters. The number of likely N-dealkylation sites (tertiary alicyclic amines) is 1. The predicted octanol–water partition coefficient (Wildman–Crippen LogP) is 2.52. The minimum atomic E-state index is -0.741. The van der Waals surface area contributed by atoms with Crippen molar-refractivity contribution in [2.45, 2.75) is 25.8 Å². The van der Waals surface area contributed by atoms with Gasteiger partial charge in [-0.25, -0.2) is 4.39 Å². The van der Waals surface area contributed by atoms with Crippen molar-refractivity contribution in [2.24, 2.45) is 5.92 Å². The number of aliphatic carboxylic acids is 1. The number of ether oxygens (including phenoxy) is 1. The van der Waals surface area contributed by atoms with E-state index in [1.807, 2.05) is 0 Å². The Hall–Kier alpha value is -1.62. The monoisotopic (exact) mass is 281 g/mol. The second-order valence-corrected chi connectivity index (χ2v) is 5.28. The van der Waals surface area contributed by atoms with Crippen LogP contribution in [0.3, 0.4) is 0 Å². The molecule has 1 heterocycles. The number of carbonyl (C=O) groups is 1. The number of halogens is 1. The van der Waals surface area contributed by atoms with Crippen LogP contribution in [0.25, 0.3) is 0 Å². The number of hydrogen-bond donors (Lipinski definition) is 1. The molecule has 1 aromatic rings. The van der Waals surface area contributed by atoms with E-state index >= 15 is 0 Å². The highest BCUT2D eigenvalue weighted by molar-refractivity contribution is 5.66. The van der Waals surface area contributed by atoms with Gasteiger partial charge in [-0.15, -0.1) is 0 Å². The molecule has 0 aliphatic carbocycles. The van der Waals surface area contributed by atoms with Crippen LogP contribution in [0.5, 0.6) is 5.75 Å². The second kappa shape index (κ2) is 6.70. The summed E-state index contributed by atoms with van der Waals surface area (Å²) in [4.78, 5) is 12.8. The molecular formula is C15H20FNO3. The van der Waals surface area contributed by atoms with Crippen LogP contribution in [0.15, 0.2) is 18.2 Å². The molecule has 1 aliphatic heterocycles. The van der Waals surface area contributed by atoms with Gasteiger partial charge in [0.1, 0.15) is 11.6 Å². The summed E-state index contributed by atoms with van der Waals surface area (Å²) in [6, 6.07) is 4.54. The minimum Gasteiger partial charge on any atom is -0.496 e. The number of nitrogens with zero attached hydrogens (tertiary/aromatic N) is 1. The number of carboxylic acid groups (broad SMARTS) is 1. The van der Waals surface area contributed by atoms with Crippen LogP contribution in [-0.2, 0) is 11.3 Å². The van der Waals surface area contributed by atoms with E-state index in [1.165, 1.54) is 12.1 Å². The van der Waals surface area contributed by atoms with Crippen LogP contribution in [0.2, 0.25) is 0 Å². The maximum absolute atomic E-state index is 13.3. The molecule has 110 valence electrons. The van der Waals surface area contributed by atoms with Crippen LogP contribution < -0.4 is 4.74 Å². The SMILES string of the molecule is COc1ccc(F)cc1CN1CCC(CCC(=O)O)C1. The van der Waals surface area contributed by atoms with Crippen molar-refractivity contribution in [1.82, 2.24) is 4.90 Å². The maximum atomic E-state index is 13.3. The summed E-state index contributed by atoms with van der Waals surface area (Å²) >= 11 is 0. The average molecular weight is 281 g/mol. The van der Waals surface area contributed by atoms with Gasteiger partial charge >= 0.3 is 5.97 Å². The highest BCUT2D eigenvalue weighted by Crippen LogP contribution is 2.26. The molecule has 2 rings (SSSR count). The largest absolute Gasteiger partial charge is 0.496 e. The first-order chi connectivity index (χ1) is 9.58. The van der Waals surface area contributed by atoms with Gasteiger partial charge in [0.05, 0.1) is 7.11 Å². The third-order valence-electron chi connectivity index (χ3n) is 3.77. The number of carboxylic acids is 1. The highest BCUT2D eigenvalue weighted by atomic mass is 19.1. The van der Waals surface area contributed by atoms with Crippen LogP contribution in [0, 0.1) is 11.7 Å². The zero-order valence-corrected chi connectivity index (χ0v) is 11.6. The van der Waals surface area contributed by atoms with Gasteiger partial charge in [0.15, 0.2) is 0 Å². The first kappa shape index (κ1) is 14.8. The molecule has 0 amide bonds. The van der Waals surface area contributed by atoms with Gasteiger partial charge in [0, 0.05) is 25.1 Å². The summed E-state index contributed by atoms with van der Waals surface area (Å²) in [7, 11) is 1.58. The zero-order valence-electron chi connectivity index (χ0n) is 11.6. The topological polar surface area (TPSA) is 49.8 Å². The molecule has 20 heavy (non-hydrogen) atoms. The van der Waals surface area contributed by atoms with Crippen molar-refractivity contribution in [1.29, 1.82) is 0 Å². The molecule has 0 aromatic heterocycles. The summed E-state index contributed by atoms with van der Waals surface area (Å²) in [6.45, 7) is 2.43. The van der Waals surface area contributed by atoms with E-state index in [2.05, 4.69) is 4.90 Å². The van der Waals surface area contributed by atoms with Crippen molar-refractivity contribution >= 4 is 5.97 Å². The Morgan fingerprint density at radius 3 is 3.05 bits per heavy atom. The van der Waals surface area contributed by atoms with Crippen LogP contribution in [0.4, 0.5) is 4.39 Å². The van der Waals surface area contributed by atoms with Crippen molar-refractivity contribution in [3.05, 3.63) is 29.6 Å². The highest BCUT2D eigenvalue weighted by Gasteiger charge is 2.23. The molecule has 1 fully saturated rings. The molecule has 4 nitrogen and oxygen atoms in total. The van der Waals surface area contributed by atoms with E-state index in [0.29, 0.717) is 24.6 Å². The van der Waals surface area contributed by atoms with Gasteiger partial charge in [-0.05, 0) is 43.5 Å². The van der Waals surface area contributed by atoms with E-state index in [4.69, 9.17) is 9.84 Å². The fourth-order valence-electron chi connectivity index (χ4n) is 2.73. The van der Waals surface area contributed by atoms with E-state index in [-0.39, 0.29) is 12.2 Å². The smallest absolute Gasteiger partial charge is 0.303 e. The molecule has 1 aliphatic rings. The van der Waals surface area contributed by atoms with Crippen LogP contribution >= 0.6 is 0 Å². The van der Waals surface area contributed by atoms with E-state index in [1.54, 1.807) is 13.2 Å². The Kier molecular flexibility index (Phi) is 4.95. The first-order valence-electron chi connectivity index (χ1n) is 6.85. The molecule has 1 N–H and O–H groups in total. The normalized spacial score (nSPS) is 19.2. The summed E-state index contributed by atoms with van der Waals surface area (Å²) in [6.07, 6.45) is 1.94. The fourth-order valence-corrected chi connectivity index (χ4v) is 2.73. The van der Waals surface area contributed by atoms with Crippen LogP contribution in [0.1, 0.15) is 24.8 Å². The lowest BCUT2D eigenvalue weighted by Crippen LogP contribution is -2.20. The van der Waals surface area contributed by atoms with Crippen molar-refractivity contribution in [3.8, 4) is 5.75 Å². The Morgan fingerprint density at radius 1 is 1.55 bits per heavy atom. The summed E-state index contributed by atoms with van der Waals surface area (Å²) in [5.74, 6) is 0.115. The molecule has 0 spiro atoms. The second-order valence-electron chi connectivity index (χ2n) is 5.28. The van der Waals surface area contributed by atoms with Gasteiger partial charge < -0.3 is 9.84 Å². The summed E-state index contributed by atoms with van der Waals surface area (Å²) in [5.41, 5.74) is 0.839. The predicted molar refractivity (Wildman–Crippen MR) is 73.2 cm³/mol. The lowest BCUT2D eigenvalue weighted by Gasteiger charge is -2.18. The Bertz CT molecular complexity index is 478.